The first-order valence-electron chi connectivity index (χ1n) is 17.2. The number of amides is 3. The minimum atomic E-state index is -1.18. The minimum Gasteiger partial charge on any atom is -0.481 e. The normalized spacial score (nSPS) is 11.5. The molecule has 48 heavy (non-hydrogen) atoms. The van der Waals surface area contributed by atoms with Crippen LogP contribution in [-0.2, 0) is 47.7 Å². The standard InChI is InChI=1S/C33H59N3O12/c1-27(37)25-47-23-21-46-20-18-35-31(40)26-48-24-22-45-19-17-34-29(38)16-15-28(33(43)44)36-30(39)13-11-9-7-5-3-2-4-6-8-10-12-14-32(41)42/h28H,2-26H2,1H3,(H,34,38)(H,35,40)(H,36,39)(H,41,42)(H,43,44)/t28-/m1/s1. The van der Waals surface area contributed by atoms with Crippen molar-refractivity contribution in [2.75, 3.05) is 65.9 Å². The average molecular weight is 690 g/mol. The maximum absolute atomic E-state index is 12.2. The maximum Gasteiger partial charge on any atom is 0.326 e. The number of ether oxygens (including phenoxy) is 4. The number of carboxylic acid groups (broad SMARTS) is 2. The van der Waals surface area contributed by atoms with Gasteiger partial charge in [0.25, 0.3) is 0 Å². The van der Waals surface area contributed by atoms with E-state index < -0.39 is 18.0 Å². The first-order valence-corrected chi connectivity index (χ1v) is 17.2. The summed E-state index contributed by atoms with van der Waals surface area (Å²) in [6.45, 7) is 3.44. The Balaban J connectivity index is 3.69. The van der Waals surface area contributed by atoms with E-state index in [0.717, 1.165) is 64.2 Å². The number of hydrogen-bond acceptors (Lipinski definition) is 10. The van der Waals surface area contributed by atoms with E-state index in [1.807, 2.05) is 0 Å². The second kappa shape index (κ2) is 32.4. The number of hydrogen-bond donors (Lipinski definition) is 5. The lowest BCUT2D eigenvalue weighted by Gasteiger charge is -2.14. The van der Waals surface area contributed by atoms with Crippen LogP contribution in [0.1, 0.15) is 103 Å². The van der Waals surface area contributed by atoms with Crippen LogP contribution in [-0.4, -0.2) is 118 Å². The van der Waals surface area contributed by atoms with Crippen LogP contribution in [0.2, 0.25) is 0 Å². The molecule has 0 unspecified atom stereocenters. The molecule has 0 aliphatic heterocycles. The molecule has 0 fully saturated rings. The summed E-state index contributed by atoms with van der Waals surface area (Å²) in [6, 6.07) is -1.14. The summed E-state index contributed by atoms with van der Waals surface area (Å²) in [5.41, 5.74) is 0. The van der Waals surface area contributed by atoms with Crippen LogP contribution < -0.4 is 16.0 Å². The van der Waals surface area contributed by atoms with Crippen molar-refractivity contribution >= 4 is 35.4 Å². The number of rotatable bonds is 35. The van der Waals surface area contributed by atoms with E-state index in [9.17, 15) is 33.9 Å². The predicted octanol–water partition coefficient (Wildman–Crippen LogP) is 2.38. The highest BCUT2D eigenvalue weighted by Gasteiger charge is 2.20. The lowest BCUT2D eigenvalue weighted by atomic mass is 10.0. The number of ketones is 1. The van der Waals surface area contributed by atoms with Gasteiger partial charge in [-0.05, 0) is 26.2 Å². The van der Waals surface area contributed by atoms with Crippen molar-refractivity contribution in [3.8, 4) is 0 Å². The van der Waals surface area contributed by atoms with Crippen molar-refractivity contribution in [3.05, 3.63) is 0 Å². The van der Waals surface area contributed by atoms with Crippen molar-refractivity contribution in [2.45, 2.75) is 109 Å². The van der Waals surface area contributed by atoms with Crippen LogP contribution in [0.4, 0.5) is 0 Å². The topological polar surface area (TPSA) is 216 Å². The summed E-state index contributed by atoms with van der Waals surface area (Å²) in [4.78, 5) is 68.8. The van der Waals surface area contributed by atoms with Crippen molar-refractivity contribution in [1.82, 2.24) is 16.0 Å². The molecule has 5 N–H and O–H groups in total. The summed E-state index contributed by atoms with van der Waals surface area (Å²) in [5.74, 6) is -2.96. The molecule has 3 amide bonds. The van der Waals surface area contributed by atoms with Gasteiger partial charge in [0.2, 0.25) is 17.7 Å². The van der Waals surface area contributed by atoms with Gasteiger partial charge in [0.15, 0.2) is 5.78 Å². The zero-order valence-corrected chi connectivity index (χ0v) is 28.7. The zero-order valence-electron chi connectivity index (χ0n) is 28.7. The lowest BCUT2D eigenvalue weighted by Crippen LogP contribution is -2.41. The molecule has 0 aromatic carbocycles. The molecule has 0 bridgehead atoms. The van der Waals surface area contributed by atoms with Crippen LogP contribution in [0, 0.1) is 0 Å². The van der Waals surface area contributed by atoms with E-state index in [1.165, 1.54) is 6.92 Å². The van der Waals surface area contributed by atoms with Gasteiger partial charge in [-0.2, -0.15) is 0 Å². The number of carboxylic acids is 2. The van der Waals surface area contributed by atoms with E-state index in [2.05, 4.69) is 16.0 Å². The smallest absolute Gasteiger partial charge is 0.326 e. The van der Waals surface area contributed by atoms with Gasteiger partial charge in [0.05, 0.1) is 39.6 Å². The third-order valence-electron chi connectivity index (χ3n) is 7.01. The largest absolute Gasteiger partial charge is 0.481 e. The Kier molecular flexibility index (Phi) is 30.3. The van der Waals surface area contributed by atoms with E-state index >= 15 is 0 Å². The maximum atomic E-state index is 12.2. The molecule has 1 atom stereocenters. The number of aliphatic carboxylic acids is 2. The summed E-state index contributed by atoms with van der Waals surface area (Å²) in [5, 5.41) is 25.9. The molecule has 0 rings (SSSR count). The highest BCUT2D eigenvalue weighted by molar-refractivity contribution is 5.84. The average Bonchev–Trinajstić information content (AvgIpc) is 3.03. The van der Waals surface area contributed by atoms with Crippen LogP contribution in [0.3, 0.4) is 0 Å². The van der Waals surface area contributed by atoms with Gasteiger partial charge in [-0.3, -0.25) is 24.0 Å². The molecule has 0 spiro atoms. The number of Topliss-reactive ketones (excluding diaryl/α,β-unsaturated/α-hetero) is 1. The van der Waals surface area contributed by atoms with Gasteiger partial charge < -0.3 is 45.1 Å². The molecule has 0 radical (unpaired) electrons. The molecule has 0 aromatic rings. The summed E-state index contributed by atoms with van der Waals surface area (Å²) in [6.07, 6.45) is 11.4. The van der Waals surface area contributed by atoms with Crippen LogP contribution in [0.5, 0.6) is 0 Å². The quantitative estimate of drug-likeness (QED) is 0.0607. The molecule has 0 saturated heterocycles. The molecular weight excluding hydrogens is 630 g/mol. The number of nitrogens with one attached hydrogen (secondary N) is 3. The van der Waals surface area contributed by atoms with Gasteiger partial charge in [0.1, 0.15) is 19.3 Å². The van der Waals surface area contributed by atoms with Crippen molar-refractivity contribution < 1.29 is 57.9 Å². The fourth-order valence-electron chi connectivity index (χ4n) is 4.44. The van der Waals surface area contributed by atoms with Crippen molar-refractivity contribution in [3.63, 3.8) is 0 Å². The van der Waals surface area contributed by atoms with Crippen LogP contribution in [0.25, 0.3) is 0 Å². The molecular formula is C33H59N3O12. The Morgan fingerprint density at radius 1 is 0.521 bits per heavy atom. The van der Waals surface area contributed by atoms with Crippen molar-refractivity contribution in [2.24, 2.45) is 0 Å². The second-order valence-electron chi connectivity index (χ2n) is 11.5. The predicted molar refractivity (Wildman–Crippen MR) is 176 cm³/mol. The number of unbranched alkanes of at least 4 members (excludes halogenated alkanes) is 10. The molecule has 15 nitrogen and oxygen atoms in total. The molecule has 0 heterocycles. The van der Waals surface area contributed by atoms with Gasteiger partial charge in [-0.15, -0.1) is 0 Å². The highest BCUT2D eigenvalue weighted by atomic mass is 16.5. The first-order chi connectivity index (χ1) is 23.1. The molecule has 278 valence electrons. The Hall–Kier alpha value is -3.14. The summed E-state index contributed by atoms with van der Waals surface area (Å²) < 4.78 is 20.9. The van der Waals surface area contributed by atoms with Gasteiger partial charge in [-0.25, -0.2) is 4.79 Å². The Morgan fingerprint density at radius 2 is 0.979 bits per heavy atom. The van der Waals surface area contributed by atoms with Gasteiger partial charge in [-0.1, -0.05) is 57.8 Å². The molecule has 0 saturated carbocycles. The van der Waals surface area contributed by atoms with Crippen LogP contribution >= 0.6 is 0 Å². The van der Waals surface area contributed by atoms with Gasteiger partial charge >= 0.3 is 11.9 Å². The SMILES string of the molecule is CC(=O)COCCOCCNC(=O)COCCOCCNC(=O)CC[C@@H](NC(=O)CCCCCCCCCCCCCC(=O)O)C(=O)O. The van der Waals surface area contributed by atoms with E-state index in [1.54, 1.807) is 0 Å². The Morgan fingerprint density at radius 3 is 1.48 bits per heavy atom. The first kappa shape index (κ1) is 44.9. The summed E-state index contributed by atoms with van der Waals surface area (Å²) in [7, 11) is 0. The molecule has 0 aliphatic rings. The molecule has 15 heteroatoms. The third kappa shape index (κ3) is 32.8. The lowest BCUT2D eigenvalue weighted by molar-refractivity contribution is -0.142. The van der Waals surface area contributed by atoms with E-state index in [0.29, 0.717) is 32.8 Å². The molecule has 0 aliphatic carbocycles. The zero-order chi connectivity index (χ0) is 35.7. The molecule has 0 aromatic heterocycles. The van der Waals surface area contributed by atoms with E-state index in [-0.39, 0.29) is 88.8 Å². The van der Waals surface area contributed by atoms with Crippen LogP contribution in [0.15, 0.2) is 0 Å². The Bertz CT molecular complexity index is 903. The number of carbonyl (C=O) groups is 6. The fraction of sp³-hybridized carbons (Fsp3) is 0.818. The fourth-order valence-corrected chi connectivity index (χ4v) is 4.44. The van der Waals surface area contributed by atoms with Gasteiger partial charge in [0, 0.05) is 32.4 Å². The monoisotopic (exact) mass is 689 g/mol. The third-order valence-corrected chi connectivity index (χ3v) is 7.01. The summed E-state index contributed by atoms with van der Waals surface area (Å²) >= 11 is 0. The Labute approximate surface area is 284 Å². The minimum absolute atomic E-state index is 0.0229. The van der Waals surface area contributed by atoms with Crippen molar-refractivity contribution in [1.29, 1.82) is 0 Å². The number of carbonyl (C=O) groups excluding carboxylic acids is 4. The van der Waals surface area contributed by atoms with E-state index in [4.69, 9.17) is 24.1 Å². The highest BCUT2D eigenvalue weighted by Crippen LogP contribution is 2.12. The second-order valence-corrected chi connectivity index (χ2v) is 11.5.